The van der Waals surface area contributed by atoms with Gasteiger partial charge in [-0.1, -0.05) is 6.07 Å². The number of aromatic nitrogens is 4. The Morgan fingerprint density at radius 3 is 2.68 bits per heavy atom. The summed E-state index contributed by atoms with van der Waals surface area (Å²) in [6.45, 7) is 2.21. The van der Waals surface area contributed by atoms with Crippen LogP contribution in [0.2, 0.25) is 0 Å². The summed E-state index contributed by atoms with van der Waals surface area (Å²) in [5.41, 5.74) is 3.16. The highest BCUT2D eigenvalue weighted by Crippen LogP contribution is 2.31. The number of pyridine rings is 1. The van der Waals surface area contributed by atoms with Gasteiger partial charge in [0.1, 0.15) is 16.5 Å². The van der Waals surface area contributed by atoms with Gasteiger partial charge < -0.3 is 9.84 Å². The van der Waals surface area contributed by atoms with Crippen LogP contribution in [-0.2, 0) is 6.61 Å². The predicted octanol–water partition coefficient (Wildman–Crippen LogP) is 4.31. The van der Waals surface area contributed by atoms with Crippen molar-refractivity contribution in [2.45, 2.75) is 13.5 Å². The molecule has 0 aromatic carbocycles. The van der Waals surface area contributed by atoms with E-state index in [1.165, 1.54) is 22.7 Å². The average molecular weight is 410 g/mol. The number of rotatable bonds is 6. The molecule has 4 aromatic rings. The third-order valence-electron chi connectivity index (χ3n) is 3.80. The third kappa shape index (κ3) is 3.90. The van der Waals surface area contributed by atoms with Gasteiger partial charge in [-0.2, -0.15) is 0 Å². The molecule has 0 aliphatic carbocycles. The average Bonchev–Trinajstić information content (AvgIpc) is 3.34. The maximum absolute atomic E-state index is 11.1. The number of aromatic carboxylic acids is 1. The third-order valence-corrected chi connectivity index (χ3v) is 5.87. The van der Waals surface area contributed by atoms with Crippen molar-refractivity contribution in [1.82, 2.24) is 19.9 Å². The van der Waals surface area contributed by atoms with E-state index in [0.29, 0.717) is 10.9 Å². The van der Waals surface area contributed by atoms with E-state index in [-0.39, 0.29) is 6.61 Å². The topological polar surface area (TPSA) is 98.1 Å². The minimum atomic E-state index is -0.933. The number of carboxylic acid groups (broad SMARTS) is 1. The fourth-order valence-electron chi connectivity index (χ4n) is 2.54. The zero-order chi connectivity index (χ0) is 19.5. The summed E-state index contributed by atoms with van der Waals surface area (Å²) in [6.07, 6.45) is 3.24. The Labute approximate surface area is 168 Å². The van der Waals surface area contributed by atoms with E-state index in [0.717, 1.165) is 32.5 Å². The van der Waals surface area contributed by atoms with Crippen molar-refractivity contribution in [1.29, 1.82) is 0 Å². The highest BCUT2D eigenvalue weighted by atomic mass is 32.1. The van der Waals surface area contributed by atoms with Crippen molar-refractivity contribution in [3.8, 4) is 27.8 Å². The second kappa shape index (κ2) is 7.83. The number of carboxylic acids is 1. The van der Waals surface area contributed by atoms with Gasteiger partial charge in [-0.25, -0.2) is 24.7 Å². The van der Waals surface area contributed by atoms with E-state index in [4.69, 9.17) is 14.8 Å². The maximum atomic E-state index is 11.1. The molecule has 0 spiro atoms. The standard InChI is InChI=1S/C19H14N4O3S2/c1-11-17(28-16(22-11)9-26-19-20-6-3-7-21-19)14-5-2-4-13(23-14)12-8-15(18(24)25)27-10-12/h2-8,10H,9H2,1H3,(H,24,25). The molecule has 0 aliphatic heterocycles. The maximum Gasteiger partial charge on any atom is 0.345 e. The Kier molecular flexibility index (Phi) is 5.09. The molecule has 0 fully saturated rings. The molecule has 4 aromatic heterocycles. The number of ether oxygens (including phenoxy) is 1. The molecule has 28 heavy (non-hydrogen) atoms. The molecule has 0 saturated heterocycles. The summed E-state index contributed by atoms with van der Waals surface area (Å²) in [7, 11) is 0. The second-order valence-corrected chi connectivity index (χ2v) is 7.75. The number of aryl methyl sites for hydroxylation is 1. The van der Waals surface area contributed by atoms with Crippen LogP contribution in [0.3, 0.4) is 0 Å². The molecule has 140 valence electrons. The van der Waals surface area contributed by atoms with Crippen LogP contribution in [0.15, 0.2) is 48.1 Å². The predicted molar refractivity (Wildman–Crippen MR) is 107 cm³/mol. The van der Waals surface area contributed by atoms with Gasteiger partial charge in [0.15, 0.2) is 0 Å². The molecular weight excluding hydrogens is 396 g/mol. The molecule has 9 heteroatoms. The summed E-state index contributed by atoms with van der Waals surface area (Å²) < 4.78 is 5.57. The molecule has 4 heterocycles. The summed E-state index contributed by atoms with van der Waals surface area (Å²) in [5, 5.41) is 11.7. The largest absolute Gasteiger partial charge is 0.477 e. The first-order chi connectivity index (χ1) is 13.6. The zero-order valence-corrected chi connectivity index (χ0v) is 16.3. The van der Waals surface area contributed by atoms with Gasteiger partial charge in [-0.05, 0) is 31.2 Å². The molecule has 1 N–H and O–H groups in total. The van der Waals surface area contributed by atoms with E-state index in [1.54, 1.807) is 29.9 Å². The Hall–Kier alpha value is -3.17. The van der Waals surface area contributed by atoms with Gasteiger partial charge in [0.25, 0.3) is 0 Å². The number of thiazole rings is 1. The van der Waals surface area contributed by atoms with Crippen LogP contribution in [0, 0.1) is 6.92 Å². The van der Waals surface area contributed by atoms with Crippen LogP contribution in [0.5, 0.6) is 6.01 Å². The summed E-state index contributed by atoms with van der Waals surface area (Å²) in [4.78, 5) is 29.7. The van der Waals surface area contributed by atoms with Crippen molar-refractivity contribution in [3.63, 3.8) is 0 Å². The Morgan fingerprint density at radius 1 is 1.14 bits per heavy atom. The second-order valence-electron chi connectivity index (χ2n) is 5.76. The van der Waals surface area contributed by atoms with Crippen molar-refractivity contribution in [2.75, 3.05) is 0 Å². The number of thiophene rings is 1. The highest BCUT2D eigenvalue weighted by molar-refractivity contribution is 7.15. The molecule has 0 saturated carbocycles. The van der Waals surface area contributed by atoms with Gasteiger partial charge in [-0.3, -0.25) is 0 Å². The summed E-state index contributed by atoms with van der Waals surface area (Å²) in [6, 6.07) is 9.36. The number of hydrogen-bond acceptors (Lipinski definition) is 8. The molecule has 0 bridgehead atoms. The number of hydrogen-bond donors (Lipinski definition) is 1. The van der Waals surface area contributed by atoms with Crippen molar-refractivity contribution in [2.24, 2.45) is 0 Å². The highest BCUT2D eigenvalue weighted by Gasteiger charge is 2.14. The van der Waals surface area contributed by atoms with Gasteiger partial charge in [-0.15, -0.1) is 22.7 Å². The SMILES string of the molecule is Cc1nc(COc2ncccn2)sc1-c1cccc(-c2csc(C(=O)O)c2)n1. The fourth-order valence-corrected chi connectivity index (χ4v) is 4.23. The lowest BCUT2D eigenvalue weighted by Crippen LogP contribution is -1.98. The first-order valence-corrected chi connectivity index (χ1v) is 9.95. The van der Waals surface area contributed by atoms with E-state index in [2.05, 4.69) is 15.0 Å². The molecule has 4 rings (SSSR count). The normalized spacial score (nSPS) is 10.8. The molecule has 0 aliphatic rings. The Bertz CT molecular complexity index is 1130. The van der Waals surface area contributed by atoms with Crippen LogP contribution in [-0.4, -0.2) is 31.0 Å². The van der Waals surface area contributed by atoms with Gasteiger partial charge in [0.05, 0.1) is 22.0 Å². The Morgan fingerprint density at radius 2 is 1.93 bits per heavy atom. The van der Waals surface area contributed by atoms with Crippen LogP contribution in [0.25, 0.3) is 21.8 Å². The van der Waals surface area contributed by atoms with Gasteiger partial charge in [0, 0.05) is 23.3 Å². The van der Waals surface area contributed by atoms with Crippen LogP contribution in [0.4, 0.5) is 0 Å². The number of nitrogens with zero attached hydrogens (tertiary/aromatic N) is 4. The first-order valence-electron chi connectivity index (χ1n) is 8.26. The van der Waals surface area contributed by atoms with Crippen LogP contribution >= 0.6 is 22.7 Å². The summed E-state index contributed by atoms with van der Waals surface area (Å²) >= 11 is 2.69. The minimum absolute atomic E-state index is 0.279. The smallest absolute Gasteiger partial charge is 0.345 e. The van der Waals surface area contributed by atoms with Gasteiger partial charge in [0.2, 0.25) is 0 Å². The van der Waals surface area contributed by atoms with Crippen LogP contribution in [0.1, 0.15) is 20.4 Å². The monoisotopic (exact) mass is 410 g/mol. The van der Waals surface area contributed by atoms with E-state index in [9.17, 15) is 4.79 Å². The summed E-state index contributed by atoms with van der Waals surface area (Å²) in [5.74, 6) is -0.933. The lowest BCUT2D eigenvalue weighted by molar-refractivity contribution is 0.0702. The zero-order valence-electron chi connectivity index (χ0n) is 14.7. The fraction of sp³-hybridized carbons (Fsp3) is 0.105. The molecule has 0 amide bonds. The van der Waals surface area contributed by atoms with Crippen LogP contribution < -0.4 is 4.74 Å². The van der Waals surface area contributed by atoms with Gasteiger partial charge >= 0.3 is 12.0 Å². The quantitative estimate of drug-likeness (QED) is 0.506. The molecule has 0 atom stereocenters. The van der Waals surface area contributed by atoms with Crippen molar-refractivity contribution < 1.29 is 14.6 Å². The van der Waals surface area contributed by atoms with E-state index < -0.39 is 5.97 Å². The number of carbonyl (C=O) groups is 1. The molecule has 0 radical (unpaired) electrons. The van der Waals surface area contributed by atoms with Crippen molar-refractivity contribution in [3.05, 3.63) is 63.7 Å². The van der Waals surface area contributed by atoms with E-state index >= 15 is 0 Å². The lowest BCUT2D eigenvalue weighted by atomic mass is 10.2. The molecular formula is C19H14N4O3S2. The lowest BCUT2D eigenvalue weighted by Gasteiger charge is -2.02. The van der Waals surface area contributed by atoms with Crippen molar-refractivity contribution >= 4 is 28.6 Å². The van der Waals surface area contributed by atoms with E-state index in [1.807, 2.05) is 25.1 Å². The first kappa shape index (κ1) is 18.2. The molecule has 7 nitrogen and oxygen atoms in total. The minimum Gasteiger partial charge on any atom is -0.477 e. The Balaban J connectivity index is 1.57. The molecule has 0 unspecified atom stereocenters.